The van der Waals surface area contributed by atoms with E-state index < -0.39 is 0 Å². The second-order valence-corrected chi connectivity index (χ2v) is 5.86. The molecule has 2 rings (SSSR count). The highest BCUT2D eigenvalue weighted by Crippen LogP contribution is 2.39. The van der Waals surface area contributed by atoms with Gasteiger partial charge in [-0.1, -0.05) is 13.8 Å². The van der Waals surface area contributed by atoms with E-state index in [-0.39, 0.29) is 18.0 Å². The molecule has 0 spiro atoms. The number of hydrogen-bond acceptors (Lipinski definition) is 4. The Morgan fingerprint density at radius 1 is 1.33 bits per heavy atom. The number of amides is 1. The van der Waals surface area contributed by atoms with Crippen molar-refractivity contribution in [2.75, 3.05) is 20.8 Å². The lowest BCUT2D eigenvalue weighted by atomic mass is 9.98. The number of hydrogen-bond donors (Lipinski definition) is 1. The van der Waals surface area contributed by atoms with Gasteiger partial charge in [-0.05, 0) is 24.1 Å². The van der Waals surface area contributed by atoms with E-state index in [4.69, 9.17) is 15.2 Å². The molecule has 2 unspecified atom stereocenters. The van der Waals surface area contributed by atoms with Crippen molar-refractivity contribution < 1.29 is 14.3 Å². The van der Waals surface area contributed by atoms with Crippen LogP contribution in [0.4, 0.5) is 0 Å². The van der Waals surface area contributed by atoms with E-state index in [1.54, 1.807) is 14.2 Å². The minimum Gasteiger partial charge on any atom is -0.497 e. The summed E-state index contributed by atoms with van der Waals surface area (Å²) in [5.41, 5.74) is 7.14. The molecule has 2 atom stereocenters. The normalized spacial score (nSPS) is 22.0. The Kier molecular flexibility index (Phi) is 4.73. The molecule has 1 aliphatic heterocycles. The lowest BCUT2D eigenvalue weighted by Gasteiger charge is -2.30. The van der Waals surface area contributed by atoms with Gasteiger partial charge in [0.15, 0.2) is 0 Å². The SMILES string of the molecule is COc1ccc(OC)c(C2C(N)CC(=O)N2CC(C)C)c1. The number of benzene rings is 1. The Morgan fingerprint density at radius 3 is 2.62 bits per heavy atom. The van der Waals surface area contributed by atoms with Crippen molar-refractivity contribution in [2.45, 2.75) is 32.4 Å². The van der Waals surface area contributed by atoms with E-state index >= 15 is 0 Å². The van der Waals surface area contributed by atoms with Gasteiger partial charge < -0.3 is 20.1 Å². The zero-order valence-corrected chi connectivity index (χ0v) is 13.1. The van der Waals surface area contributed by atoms with Crippen molar-refractivity contribution in [1.82, 2.24) is 4.90 Å². The highest BCUT2D eigenvalue weighted by Gasteiger charge is 2.40. The maximum Gasteiger partial charge on any atom is 0.224 e. The zero-order valence-electron chi connectivity index (χ0n) is 13.1. The van der Waals surface area contributed by atoms with Crippen LogP contribution in [0.1, 0.15) is 31.9 Å². The van der Waals surface area contributed by atoms with Gasteiger partial charge in [-0.2, -0.15) is 0 Å². The van der Waals surface area contributed by atoms with Crippen molar-refractivity contribution in [2.24, 2.45) is 11.7 Å². The molecule has 5 heteroatoms. The van der Waals surface area contributed by atoms with Crippen LogP contribution in [0.2, 0.25) is 0 Å². The van der Waals surface area contributed by atoms with E-state index in [1.165, 1.54) is 0 Å². The monoisotopic (exact) mass is 292 g/mol. The topological polar surface area (TPSA) is 64.8 Å². The van der Waals surface area contributed by atoms with Gasteiger partial charge in [0.2, 0.25) is 5.91 Å². The van der Waals surface area contributed by atoms with Crippen LogP contribution in [0.25, 0.3) is 0 Å². The number of rotatable bonds is 5. The molecule has 0 radical (unpaired) electrons. The summed E-state index contributed by atoms with van der Waals surface area (Å²) in [5, 5.41) is 0. The van der Waals surface area contributed by atoms with E-state index in [2.05, 4.69) is 13.8 Å². The Bertz CT molecular complexity index is 516. The van der Waals surface area contributed by atoms with E-state index in [0.717, 1.165) is 17.1 Å². The molecular weight excluding hydrogens is 268 g/mol. The van der Waals surface area contributed by atoms with Crippen molar-refractivity contribution in [3.63, 3.8) is 0 Å². The Hall–Kier alpha value is -1.75. The first-order valence-corrected chi connectivity index (χ1v) is 7.25. The minimum atomic E-state index is -0.225. The van der Waals surface area contributed by atoms with Gasteiger partial charge in [-0.25, -0.2) is 0 Å². The minimum absolute atomic E-state index is 0.103. The van der Waals surface area contributed by atoms with E-state index in [9.17, 15) is 4.79 Å². The number of nitrogens with two attached hydrogens (primary N) is 1. The summed E-state index contributed by atoms with van der Waals surface area (Å²) in [6.07, 6.45) is 0.373. The predicted octanol–water partition coefficient (Wildman–Crippen LogP) is 1.96. The van der Waals surface area contributed by atoms with Crippen molar-refractivity contribution in [3.05, 3.63) is 23.8 Å². The third-order valence-corrected chi connectivity index (χ3v) is 3.79. The third kappa shape index (κ3) is 3.13. The number of carbonyl (C=O) groups excluding carboxylic acids is 1. The van der Waals surface area contributed by atoms with Gasteiger partial charge in [0.05, 0.1) is 20.3 Å². The van der Waals surface area contributed by atoms with Crippen molar-refractivity contribution >= 4 is 5.91 Å². The first-order chi connectivity index (χ1) is 9.97. The number of ether oxygens (including phenoxy) is 2. The molecule has 2 N–H and O–H groups in total. The molecule has 0 saturated carbocycles. The summed E-state index contributed by atoms with van der Waals surface area (Å²) in [6.45, 7) is 4.88. The van der Waals surface area contributed by atoms with Crippen LogP contribution in [-0.2, 0) is 4.79 Å². The van der Waals surface area contributed by atoms with Crippen LogP contribution in [-0.4, -0.2) is 37.6 Å². The van der Waals surface area contributed by atoms with Crippen LogP contribution >= 0.6 is 0 Å². The molecule has 1 aromatic rings. The molecule has 1 fully saturated rings. The molecule has 0 aliphatic carbocycles. The second-order valence-electron chi connectivity index (χ2n) is 5.86. The molecule has 1 saturated heterocycles. The smallest absolute Gasteiger partial charge is 0.224 e. The Morgan fingerprint density at radius 2 is 2.05 bits per heavy atom. The standard InChI is InChI=1S/C16H24N2O3/c1-10(2)9-18-15(19)8-13(17)16(18)12-7-11(20-3)5-6-14(12)21-4/h5-7,10,13,16H,8-9,17H2,1-4H3. The third-order valence-electron chi connectivity index (χ3n) is 3.79. The van der Waals surface area contributed by atoms with Crippen LogP contribution in [0.15, 0.2) is 18.2 Å². The van der Waals surface area contributed by atoms with Crippen LogP contribution in [0, 0.1) is 5.92 Å². The molecule has 1 aromatic carbocycles. The second kappa shape index (κ2) is 6.35. The number of methoxy groups -OCH3 is 2. The molecular formula is C16H24N2O3. The summed E-state index contributed by atoms with van der Waals surface area (Å²) in [7, 11) is 3.25. The molecule has 1 aliphatic rings. The van der Waals surface area contributed by atoms with Crippen molar-refractivity contribution in [1.29, 1.82) is 0 Å². The highest BCUT2D eigenvalue weighted by molar-refractivity contribution is 5.80. The lowest BCUT2D eigenvalue weighted by molar-refractivity contribution is -0.129. The summed E-state index contributed by atoms with van der Waals surface area (Å²) in [5.74, 6) is 1.96. The fraction of sp³-hybridized carbons (Fsp3) is 0.562. The summed E-state index contributed by atoms with van der Waals surface area (Å²) in [4.78, 5) is 14.1. The van der Waals surface area contributed by atoms with Gasteiger partial charge in [0.25, 0.3) is 0 Å². The summed E-state index contributed by atoms with van der Waals surface area (Å²) in [6, 6.07) is 5.23. The lowest BCUT2D eigenvalue weighted by Crippen LogP contribution is -2.35. The Balaban J connectivity index is 2.43. The van der Waals surface area contributed by atoms with Gasteiger partial charge in [-0.15, -0.1) is 0 Å². The van der Waals surface area contributed by atoms with Gasteiger partial charge in [0, 0.05) is 24.6 Å². The van der Waals surface area contributed by atoms with Crippen LogP contribution < -0.4 is 15.2 Å². The van der Waals surface area contributed by atoms with E-state index in [0.29, 0.717) is 18.9 Å². The summed E-state index contributed by atoms with van der Waals surface area (Å²) < 4.78 is 10.7. The van der Waals surface area contributed by atoms with Crippen LogP contribution in [0.3, 0.4) is 0 Å². The summed E-state index contributed by atoms with van der Waals surface area (Å²) >= 11 is 0. The molecule has 0 aromatic heterocycles. The number of likely N-dealkylation sites (tertiary alicyclic amines) is 1. The maximum absolute atomic E-state index is 12.2. The molecule has 21 heavy (non-hydrogen) atoms. The average molecular weight is 292 g/mol. The zero-order chi connectivity index (χ0) is 15.6. The Labute approximate surface area is 126 Å². The fourth-order valence-corrected chi connectivity index (χ4v) is 2.89. The first-order valence-electron chi connectivity index (χ1n) is 7.25. The molecule has 0 bridgehead atoms. The van der Waals surface area contributed by atoms with Crippen LogP contribution in [0.5, 0.6) is 11.5 Å². The average Bonchev–Trinajstić information content (AvgIpc) is 2.72. The maximum atomic E-state index is 12.2. The number of nitrogens with zero attached hydrogens (tertiary/aromatic N) is 1. The molecule has 5 nitrogen and oxygen atoms in total. The fourth-order valence-electron chi connectivity index (χ4n) is 2.89. The largest absolute Gasteiger partial charge is 0.497 e. The number of carbonyl (C=O) groups is 1. The first kappa shape index (κ1) is 15.6. The highest BCUT2D eigenvalue weighted by atomic mass is 16.5. The predicted molar refractivity (Wildman–Crippen MR) is 81.4 cm³/mol. The van der Waals surface area contributed by atoms with Gasteiger partial charge >= 0.3 is 0 Å². The van der Waals surface area contributed by atoms with Crippen molar-refractivity contribution in [3.8, 4) is 11.5 Å². The quantitative estimate of drug-likeness (QED) is 0.901. The van der Waals surface area contributed by atoms with Gasteiger partial charge in [-0.3, -0.25) is 4.79 Å². The molecule has 116 valence electrons. The molecule has 1 heterocycles. The van der Waals surface area contributed by atoms with E-state index in [1.807, 2.05) is 23.1 Å². The van der Waals surface area contributed by atoms with Gasteiger partial charge in [0.1, 0.15) is 11.5 Å². The molecule has 1 amide bonds.